The second kappa shape index (κ2) is 4.72. The highest BCUT2D eigenvalue weighted by atomic mass is 79.9. The molecule has 1 heterocycles. The number of aromatic nitrogens is 2. The van der Waals surface area contributed by atoms with E-state index in [0.29, 0.717) is 15.7 Å². The van der Waals surface area contributed by atoms with Gasteiger partial charge in [-0.3, -0.25) is 9.89 Å². The highest BCUT2D eigenvalue weighted by Crippen LogP contribution is 2.21. The van der Waals surface area contributed by atoms with Crippen molar-refractivity contribution < 1.29 is 4.39 Å². The fraction of sp³-hybridized carbons (Fsp3) is 0.308. The average molecular weight is 313 g/mol. The van der Waals surface area contributed by atoms with Gasteiger partial charge in [0.15, 0.2) is 0 Å². The molecule has 0 aliphatic rings. The lowest BCUT2D eigenvalue weighted by atomic mass is 10.1. The van der Waals surface area contributed by atoms with Gasteiger partial charge in [0, 0.05) is 0 Å². The first kappa shape index (κ1) is 13.1. The van der Waals surface area contributed by atoms with Gasteiger partial charge in [-0.2, -0.15) is 0 Å². The number of rotatable bonds is 2. The molecule has 1 N–H and O–H groups in total. The van der Waals surface area contributed by atoms with Gasteiger partial charge in [0.05, 0.1) is 11.4 Å². The predicted molar refractivity (Wildman–Crippen MR) is 72.9 cm³/mol. The summed E-state index contributed by atoms with van der Waals surface area (Å²) in [5, 5.41) is 3.06. The van der Waals surface area contributed by atoms with E-state index in [9.17, 15) is 9.18 Å². The van der Waals surface area contributed by atoms with Gasteiger partial charge in [-0.1, -0.05) is 13.8 Å². The summed E-state index contributed by atoms with van der Waals surface area (Å²) in [7, 11) is 0. The maximum absolute atomic E-state index is 13.1. The number of aromatic amines is 1. The van der Waals surface area contributed by atoms with Crippen LogP contribution in [0.1, 0.15) is 31.0 Å². The molecular formula is C13H14BrFN2O. The maximum Gasteiger partial charge on any atom is 0.285 e. The highest BCUT2D eigenvalue weighted by molar-refractivity contribution is 9.10. The van der Waals surface area contributed by atoms with Crippen LogP contribution in [0.15, 0.2) is 27.5 Å². The Morgan fingerprint density at radius 2 is 2.06 bits per heavy atom. The van der Waals surface area contributed by atoms with E-state index in [1.54, 1.807) is 13.0 Å². The molecule has 0 radical (unpaired) electrons. The minimum absolute atomic E-state index is 0.159. The fourth-order valence-corrected chi connectivity index (χ4v) is 2.58. The third-order valence-corrected chi connectivity index (χ3v) is 3.60. The first-order chi connectivity index (χ1) is 8.41. The molecule has 0 aliphatic heterocycles. The molecule has 0 spiro atoms. The van der Waals surface area contributed by atoms with Crippen LogP contribution in [-0.2, 0) is 0 Å². The Hall–Kier alpha value is -1.36. The van der Waals surface area contributed by atoms with E-state index in [1.165, 1.54) is 16.8 Å². The van der Waals surface area contributed by atoms with Gasteiger partial charge in [-0.05, 0) is 52.5 Å². The summed E-state index contributed by atoms with van der Waals surface area (Å²) in [6.45, 7) is 5.77. The molecule has 96 valence electrons. The van der Waals surface area contributed by atoms with Crippen LogP contribution in [-0.4, -0.2) is 9.78 Å². The Kier molecular flexibility index (Phi) is 3.43. The molecule has 0 unspecified atom stereocenters. The minimum atomic E-state index is -0.306. The Morgan fingerprint density at radius 1 is 1.39 bits per heavy atom. The number of nitrogens with zero attached hydrogens (tertiary/aromatic N) is 1. The van der Waals surface area contributed by atoms with Crippen LogP contribution in [0.3, 0.4) is 0 Å². The monoisotopic (exact) mass is 312 g/mol. The average Bonchev–Trinajstić information content (AvgIpc) is 2.57. The molecule has 0 bridgehead atoms. The van der Waals surface area contributed by atoms with Crippen molar-refractivity contribution in [3.63, 3.8) is 0 Å². The zero-order chi connectivity index (χ0) is 13.4. The fourth-order valence-electron chi connectivity index (χ4n) is 1.86. The molecule has 1 aromatic carbocycles. The minimum Gasteiger partial charge on any atom is -0.294 e. The second-order valence-electron chi connectivity index (χ2n) is 4.57. The number of nitrogens with one attached hydrogen (secondary N) is 1. The quantitative estimate of drug-likeness (QED) is 0.905. The highest BCUT2D eigenvalue weighted by Gasteiger charge is 2.16. The van der Waals surface area contributed by atoms with Crippen molar-refractivity contribution in [3.8, 4) is 5.69 Å². The molecule has 0 aliphatic carbocycles. The summed E-state index contributed by atoms with van der Waals surface area (Å²) < 4.78 is 15.0. The SMILES string of the molecule is Cc1cc(F)ccc1-n1[nH]c(C(C)C)c(Br)c1=O. The van der Waals surface area contributed by atoms with E-state index >= 15 is 0 Å². The number of aryl methyl sites for hydroxylation is 1. The molecular weight excluding hydrogens is 299 g/mol. The van der Waals surface area contributed by atoms with Gasteiger partial charge in [-0.25, -0.2) is 9.07 Å². The van der Waals surface area contributed by atoms with Gasteiger partial charge in [-0.15, -0.1) is 0 Å². The van der Waals surface area contributed by atoms with Crippen LogP contribution >= 0.6 is 15.9 Å². The summed E-state index contributed by atoms with van der Waals surface area (Å²) >= 11 is 3.30. The molecule has 3 nitrogen and oxygen atoms in total. The number of H-pyrrole nitrogens is 1. The van der Waals surface area contributed by atoms with Crippen LogP contribution in [0, 0.1) is 12.7 Å². The summed E-state index contributed by atoms with van der Waals surface area (Å²) in [6.07, 6.45) is 0. The van der Waals surface area contributed by atoms with E-state index in [0.717, 1.165) is 5.69 Å². The molecule has 18 heavy (non-hydrogen) atoms. The summed E-state index contributed by atoms with van der Waals surface area (Å²) in [6, 6.07) is 4.35. The predicted octanol–water partition coefficient (Wildman–Crippen LogP) is 3.50. The lowest BCUT2D eigenvalue weighted by Gasteiger charge is -2.06. The molecule has 2 rings (SSSR count). The van der Waals surface area contributed by atoms with Crippen molar-refractivity contribution in [2.24, 2.45) is 0 Å². The molecule has 0 amide bonds. The summed E-state index contributed by atoms with van der Waals surface area (Å²) in [5.41, 5.74) is 2.05. The Labute approximate surface area is 113 Å². The van der Waals surface area contributed by atoms with Gasteiger partial charge in [0.2, 0.25) is 0 Å². The molecule has 0 atom stereocenters. The Bertz CT molecular complexity index is 643. The van der Waals surface area contributed by atoms with Crippen LogP contribution in [0.2, 0.25) is 0 Å². The normalized spacial score (nSPS) is 11.2. The summed E-state index contributed by atoms with van der Waals surface area (Å²) in [5.74, 6) is -0.104. The molecule has 0 saturated heterocycles. The first-order valence-corrected chi connectivity index (χ1v) is 6.48. The zero-order valence-corrected chi connectivity index (χ0v) is 12.0. The van der Waals surface area contributed by atoms with Crippen LogP contribution in [0.4, 0.5) is 4.39 Å². The van der Waals surface area contributed by atoms with Gasteiger partial charge < -0.3 is 0 Å². The van der Waals surface area contributed by atoms with Crippen molar-refractivity contribution in [2.45, 2.75) is 26.7 Å². The molecule has 2 aromatic rings. The Balaban J connectivity index is 2.65. The van der Waals surface area contributed by atoms with Crippen LogP contribution < -0.4 is 5.56 Å². The molecule has 0 saturated carbocycles. The Morgan fingerprint density at radius 3 is 2.56 bits per heavy atom. The van der Waals surface area contributed by atoms with Crippen molar-refractivity contribution in [2.75, 3.05) is 0 Å². The molecule has 1 aromatic heterocycles. The zero-order valence-electron chi connectivity index (χ0n) is 10.4. The number of halogens is 2. The van der Waals surface area contributed by atoms with E-state index in [-0.39, 0.29) is 17.3 Å². The number of hydrogen-bond acceptors (Lipinski definition) is 1. The molecule has 5 heteroatoms. The first-order valence-electron chi connectivity index (χ1n) is 5.68. The largest absolute Gasteiger partial charge is 0.294 e. The molecule has 0 fully saturated rings. The second-order valence-corrected chi connectivity index (χ2v) is 5.36. The van der Waals surface area contributed by atoms with Gasteiger partial charge in [0.1, 0.15) is 10.3 Å². The topological polar surface area (TPSA) is 37.8 Å². The standard InChI is InChI=1S/C13H14BrFN2O/c1-7(2)12-11(14)13(18)17(16-12)10-5-4-9(15)6-8(10)3/h4-7,16H,1-3H3. The maximum atomic E-state index is 13.1. The third kappa shape index (κ3) is 2.14. The van der Waals surface area contributed by atoms with E-state index in [1.807, 2.05) is 13.8 Å². The van der Waals surface area contributed by atoms with E-state index in [2.05, 4.69) is 21.0 Å². The van der Waals surface area contributed by atoms with Crippen LogP contribution in [0.25, 0.3) is 5.69 Å². The van der Waals surface area contributed by atoms with Crippen LogP contribution in [0.5, 0.6) is 0 Å². The van der Waals surface area contributed by atoms with Crippen molar-refractivity contribution in [1.29, 1.82) is 0 Å². The van der Waals surface area contributed by atoms with Gasteiger partial charge >= 0.3 is 0 Å². The van der Waals surface area contributed by atoms with E-state index < -0.39 is 0 Å². The number of benzene rings is 1. The third-order valence-electron chi connectivity index (χ3n) is 2.84. The summed E-state index contributed by atoms with van der Waals surface area (Å²) in [4.78, 5) is 12.1. The van der Waals surface area contributed by atoms with Crippen molar-refractivity contribution in [3.05, 3.63) is 50.1 Å². The number of hydrogen-bond donors (Lipinski definition) is 1. The smallest absolute Gasteiger partial charge is 0.285 e. The lowest BCUT2D eigenvalue weighted by molar-refractivity contribution is 0.625. The van der Waals surface area contributed by atoms with E-state index in [4.69, 9.17) is 0 Å². The van der Waals surface area contributed by atoms with Gasteiger partial charge in [0.25, 0.3) is 5.56 Å². The lowest BCUT2D eigenvalue weighted by Crippen LogP contribution is -2.15. The van der Waals surface area contributed by atoms with Crippen molar-refractivity contribution in [1.82, 2.24) is 9.78 Å². The van der Waals surface area contributed by atoms with Crippen molar-refractivity contribution >= 4 is 15.9 Å².